The molecule has 1 aromatic carbocycles. The molecule has 1 saturated carbocycles. The molecule has 5 nitrogen and oxygen atoms in total. The summed E-state index contributed by atoms with van der Waals surface area (Å²) in [5.74, 6) is 0. The minimum atomic E-state index is -3.48. The lowest BCUT2D eigenvalue weighted by Crippen LogP contribution is -2.33. The Morgan fingerprint density at radius 3 is 2.68 bits per heavy atom. The van der Waals surface area contributed by atoms with Crippen LogP contribution >= 0.6 is 0 Å². The summed E-state index contributed by atoms with van der Waals surface area (Å²) in [4.78, 5) is 0.264. The highest BCUT2D eigenvalue weighted by atomic mass is 32.2. The van der Waals surface area contributed by atoms with Crippen LogP contribution in [0.5, 0.6) is 0 Å². The fourth-order valence-corrected chi connectivity index (χ4v) is 3.73. The lowest BCUT2D eigenvalue weighted by molar-refractivity contribution is 0.107. The van der Waals surface area contributed by atoms with Crippen molar-refractivity contribution in [1.82, 2.24) is 4.72 Å². The van der Waals surface area contributed by atoms with Gasteiger partial charge in [-0.15, -0.1) is 0 Å². The van der Waals surface area contributed by atoms with Crippen molar-refractivity contribution < 1.29 is 13.2 Å². The third-order valence-corrected chi connectivity index (χ3v) is 5.11. The molecule has 0 aliphatic heterocycles. The highest BCUT2D eigenvalue weighted by Crippen LogP contribution is 2.24. The second kappa shape index (κ2) is 5.48. The van der Waals surface area contributed by atoms with Crippen LogP contribution < -0.4 is 10.5 Å². The summed E-state index contributed by atoms with van der Waals surface area (Å²) in [6.07, 6.45) is 2.58. The summed E-state index contributed by atoms with van der Waals surface area (Å²) >= 11 is 0. The van der Waals surface area contributed by atoms with E-state index in [0.29, 0.717) is 5.69 Å². The van der Waals surface area contributed by atoms with Crippen LogP contribution in [-0.4, -0.2) is 27.7 Å². The molecule has 0 heterocycles. The molecule has 6 heteroatoms. The van der Waals surface area contributed by atoms with Crippen molar-refractivity contribution in [3.8, 4) is 0 Å². The fraction of sp³-hybridized carbons (Fsp3) is 0.538. The van der Waals surface area contributed by atoms with Crippen LogP contribution in [0, 0.1) is 6.92 Å². The first kappa shape index (κ1) is 14.3. The Hall–Kier alpha value is -1.11. The quantitative estimate of drug-likeness (QED) is 0.819. The second-order valence-corrected chi connectivity index (χ2v) is 6.72. The SMILES string of the molecule is COC1CCC(NS(=O)(=O)c2ccc(N)c(C)c2)C1. The van der Waals surface area contributed by atoms with Gasteiger partial charge in [0.25, 0.3) is 0 Å². The van der Waals surface area contributed by atoms with Crippen LogP contribution in [0.1, 0.15) is 24.8 Å². The molecule has 2 unspecified atom stereocenters. The van der Waals surface area contributed by atoms with E-state index in [9.17, 15) is 8.42 Å². The average Bonchev–Trinajstić information content (AvgIpc) is 2.79. The summed E-state index contributed by atoms with van der Waals surface area (Å²) in [6, 6.07) is 4.71. The van der Waals surface area contributed by atoms with E-state index in [0.717, 1.165) is 24.8 Å². The monoisotopic (exact) mass is 284 g/mol. The van der Waals surface area contributed by atoms with Gasteiger partial charge in [0.05, 0.1) is 11.0 Å². The van der Waals surface area contributed by atoms with Crippen molar-refractivity contribution in [3.63, 3.8) is 0 Å². The van der Waals surface area contributed by atoms with E-state index in [2.05, 4.69) is 4.72 Å². The number of nitrogens with one attached hydrogen (secondary N) is 1. The maximum Gasteiger partial charge on any atom is 0.240 e. The number of sulfonamides is 1. The molecule has 0 amide bonds. The Bertz CT molecular complexity index is 557. The van der Waals surface area contributed by atoms with Crippen molar-refractivity contribution in [2.45, 2.75) is 43.2 Å². The smallest absolute Gasteiger partial charge is 0.240 e. The molecule has 2 atom stereocenters. The van der Waals surface area contributed by atoms with E-state index in [-0.39, 0.29) is 17.0 Å². The summed E-state index contributed by atoms with van der Waals surface area (Å²) in [7, 11) is -1.82. The van der Waals surface area contributed by atoms with Crippen LogP contribution in [0.15, 0.2) is 23.1 Å². The summed E-state index contributed by atoms with van der Waals surface area (Å²) < 4.78 is 32.5. The van der Waals surface area contributed by atoms with E-state index >= 15 is 0 Å². The van der Waals surface area contributed by atoms with Crippen molar-refractivity contribution in [3.05, 3.63) is 23.8 Å². The molecule has 0 spiro atoms. The molecule has 0 aromatic heterocycles. The third kappa shape index (κ3) is 3.26. The lowest BCUT2D eigenvalue weighted by atomic mass is 10.2. The Labute approximate surface area is 114 Å². The number of anilines is 1. The minimum Gasteiger partial charge on any atom is -0.399 e. The number of methoxy groups -OCH3 is 1. The van der Waals surface area contributed by atoms with Crippen molar-refractivity contribution in [2.75, 3.05) is 12.8 Å². The molecule has 0 saturated heterocycles. The molecule has 2 rings (SSSR count). The van der Waals surface area contributed by atoms with E-state index in [1.807, 2.05) is 0 Å². The van der Waals surface area contributed by atoms with Gasteiger partial charge in [-0.05, 0) is 49.9 Å². The van der Waals surface area contributed by atoms with Crippen LogP contribution in [0.4, 0.5) is 5.69 Å². The molecule has 0 bridgehead atoms. The Morgan fingerprint density at radius 2 is 2.11 bits per heavy atom. The topological polar surface area (TPSA) is 81.4 Å². The van der Waals surface area contributed by atoms with Gasteiger partial charge in [-0.2, -0.15) is 0 Å². The number of hydrogen-bond donors (Lipinski definition) is 2. The molecular formula is C13H20N2O3S. The highest BCUT2D eigenvalue weighted by Gasteiger charge is 2.28. The molecule has 3 N–H and O–H groups in total. The van der Waals surface area contributed by atoms with Gasteiger partial charge >= 0.3 is 0 Å². The third-order valence-electron chi connectivity index (χ3n) is 3.59. The van der Waals surface area contributed by atoms with Crippen LogP contribution in [0.25, 0.3) is 0 Å². The molecule has 1 fully saturated rings. The van der Waals surface area contributed by atoms with Crippen LogP contribution in [-0.2, 0) is 14.8 Å². The first-order chi connectivity index (χ1) is 8.92. The van der Waals surface area contributed by atoms with Gasteiger partial charge in [-0.25, -0.2) is 13.1 Å². The van der Waals surface area contributed by atoms with E-state index in [4.69, 9.17) is 10.5 Å². The standard InChI is InChI=1S/C13H20N2O3S/c1-9-7-12(5-6-13(9)14)19(16,17)15-10-3-4-11(8-10)18-2/h5-7,10-11,15H,3-4,8,14H2,1-2H3. The molecule has 19 heavy (non-hydrogen) atoms. The number of nitrogen functional groups attached to an aromatic ring is 1. The molecule has 1 aliphatic carbocycles. The van der Waals surface area contributed by atoms with Crippen molar-refractivity contribution in [1.29, 1.82) is 0 Å². The van der Waals surface area contributed by atoms with Crippen LogP contribution in [0.2, 0.25) is 0 Å². The van der Waals surface area contributed by atoms with Gasteiger partial charge in [0.1, 0.15) is 0 Å². The second-order valence-electron chi connectivity index (χ2n) is 5.01. The van der Waals surface area contributed by atoms with E-state index in [1.165, 1.54) is 6.07 Å². The van der Waals surface area contributed by atoms with Crippen molar-refractivity contribution in [2.24, 2.45) is 0 Å². The maximum atomic E-state index is 12.3. The molecule has 106 valence electrons. The number of aryl methyl sites for hydroxylation is 1. The van der Waals surface area contributed by atoms with E-state index in [1.54, 1.807) is 26.2 Å². The number of hydrogen-bond acceptors (Lipinski definition) is 4. The van der Waals surface area contributed by atoms with Crippen LogP contribution in [0.3, 0.4) is 0 Å². The van der Waals surface area contributed by atoms with E-state index < -0.39 is 10.0 Å². The summed E-state index contributed by atoms with van der Waals surface area (Å²) in [5.41, 5.74) is 7.06. The zero-order valence-corrected chi connectivity index (χ0v) is 12.0. The van der Waals surface area contributed by atoms with Gasteiger partial charge in [0, 0.05) is 18.8 Å². The predicted molar refractivity (Wildman–Crippen MR) is 74.3 cm³/mol. The minimum absolute atomic E-state index is 0.0483. The highest BCUT2D eigenvalue weighted by molar-refractivity contribution is 7.89. The number of nitrogens with two attached hydrogens (primary N) is 1. The fourth-order valence-electron chi connectivity index (χ4n) is 2.36. The Kier molecular flexibility index (Phi) is 4.13. The van der Waals surface area contributed by atoms with Gasteiger partial charge in [0.15, 0.2) is 0 Å². The molecule has 0 radical (unpaired) electrons. The lowest BCUT2D eigenvalue weighted by Gasteiger charge is -2.14. The van der Waals surface area contributed by atoms with Crippen molar-refractivity contribution >= 4 is 15.7 Å². The largest absolute Gasteiger partial charge is 0.399 e. The maximum absolute atomic E-state index is 12.3. The Balaban J connectivity index is 2.12. The predicted octanol–water partition coefficient (Wildman–Crippen LogP) is 1.42. The van der Waals surface area contributed by atoms with Gasteiger partial charge < -0.3 is 10.5 Å². The molecule has 1 aliphatic rings. The molecule has 1 aromatic rings. The average molecular weight is 284 g/mol. The zero-order chi connectivity index (χ0) is 14.0. The normalized spacial score (nSPS) is 23.7. The Morgan fingerprint density at radius 1 is 1.37 bits per heavy atom. The van der Waals surface area contributed by atoms with Gasteiger partial charge in [0.2, 0.25) is 10.0 Å². The summed E-state index contributed by atoms with van der Waals surface area (Å²) in [6.45, 7) is 1.80. The first-order valence-electron chi connectivity index (χ1n) is 6.33. The molecular weight excluding hydrogens is 264 g/mol. The summed E-state index contributed by atoms with van der Waals surface area (Å²) in [5, 5.41) is 0. The van der Waals surface area contributed by atoms with Gasteiger partial charge in [-0.3, -0.25) is 0 Å². The zero-order valence-electron chi connectivity index (χ0n) is 11.2. The number of benzene rings is 1. The van der Waals surface area contributed by atoms with Gasteiger partial charge in [-0.1, -0.05) is 0 Å². The first-order valence-corrected chi connectivity index (χ1v) is 7.82. The number of rotatable bonds is 4. The number of ether oxygens (including phenoxy) is 1.